The fraction of sp³-hybridized carbons (Fsp3) is 0.625. The highest BCUT2D eigenvalue weighted by atomic mass is 16.5. The summed E-state index contributed by atoms with van der Waals surface area (Å²) < 4.78 is 11.6. The van der Waals surface area contributed by atoms with Crippen LogP contribution in [-0.2, 0) is 4.74 Å². The van der Waals surface area contributed by atoms with Crippen molar-refractivity contribution in [2.45, 2.75) is 50.7 Å². The Balaban J connectivity index is 1.47. The van der Waals surface area contributed by atoms with E-state index in [0.717, 1.165) is 24.6 Å². The van der Waals surface area contributed by atoms with Gasteiger partial charge in [0.25, 0.3) is 0 Å². The normalized spacial score (nSPS) is 23.7. The second kappa shape index (κ2) is 6.29. The van der Waals surface area contributed by atoms with Crippen LogP contribution in [-0.4, -0.2) is 25.4 Å². The van der Waals surface area contributed by atoms with Crippen molar-refractivity contribution in [3.05, 3.63) is 24.3 Å². The van der Waals surface area contributed by atoms with E-state index in [0.29, 0.717) is 12.2 Å². The van der Waals surface area contributed by atoms with Crippen molar-refractivity contribution in [3.8, 4) is 5.75 Å². The molecule has 3 nitrogen and oxygen atoms in total. The van der Waals surface area contributed by atoms with Gasteiger partial charge in [0, 0.05) is 18.8 Å². The van der Waals surface area contributed by atoms with E-state index in [4.69, 9.17) is 9.47 Å². The summed E-state index contributed by atoms with van der Waals surface area (Å²) in [6.07, 6.45) is 8.23. The maximum absolute atomic E-state index is 5.96. The minimum absolute atomic E-state index is 0.384. The van der Waals surface area contributed by atoms with Gasteiger partial charge >= 0.3 is 0 Å². The lowest BCUT2D eigenvalue weighted by molar-refractivity contribution is 0.120. The lowest BCUT2D eigenvalue weighted by Gasteiger charge is -2.15. The van der Waals surface area contributed by atoms with Crippen molar-refractivity contribution in [1.82, 2.24) is 0 Å². The predicted molar refractivity (Wildman–Crippen MR) is 76.8 cm³/mol. The lowest BCUT2D eigenvalue weighted by Crippen LogP contribution is -2.18. The minimum Gasteiger partial charge on any atom is -0.490 e. The SMILES string of the molecule is c1cc(OC2CCCC2)ccc1NCC1CCCO1. The summed E-state index contributed by atoms with van der Waals surface area (Å²) in [6, 6.07) is 8.32. The van der Waals surface area contributed by atoms with Crippen LogP contribution in [0.1, 0.15) is 38.5 Å². The second-order valence-corrected chi connectivity index (χ2v) is 5.56. The van der Waals surface area contributed by atoms with E-state index in [1.807, 2.05) is 0 Å². The molecule has 1 N–H and O–H groups in total. The van der Waals surface area contributed by atoms with Gasteiger partial charge < -0.3 is 14.8 Å². The van der Waals surface area contributed by atoms with Gasteiger partial charge in [-0.25, -0.2) is 0 Å². The molecule has 0 spiro atoms. The lowest BCUT2D eigenvalue weighted by atomic mass is 10.2. The maximum atomic E-state index is 5.96. The van der Waals surface area contributed by atoms with Gasteiger partial charge in [-0.2, -0.15) is 0 Å². The zero-order valence-electron chi connectivity index (χ0n) is 11.4. The van der Waals surface area contributed by atoms with Crippen molar-refractivity contribution in [2.75, 3.05) is 18.5 Å². The van der Waals surface area contributed by atoms with Crippen LogP contribution in [0.3, 0.4) is 0 Å². The first kappa shape index (κ1) is 12.8. The molecule has 3 heteroatoms. The van der Waals surface area contributed by atoms with E-state index in [9.17, 15) is 0 Å². The van der Waals surface area contributed by atoms with E-state index >= 15 is 0 Å². The number of rotatable bonds is 5. The molecule has 19 heavy (non-hydrogen) atoms. The van der Waals surface area contributed by atoms with Crippen LogP contribution in [0.4, 0.5) is 5.69 Å². The van der Waals surface area contributed by atoms with Gasteiger partial charge in [-0.05, 0) is 62.8 Å². The Hall–Kier alpha value is -1.22. The third-order valence-corrected chi connectivity index (χ3v) is 4.02. The number of hydrogen-bond donors (Lipinski definition) is 1. The molecule has 0 amide bonds. The molecule has 1 aliphatic heterocycles. The summed E-state index contributed by atoms with van der Waals surface area (Å²) in [5.41, 5.74) is 1.15. The minimum atomic E-state index is 0.384. The molecule has 2 aliphatic rings. The first-order chi connectivity index (χ1) is 9.40. The molecule has 0 radical (unpaired) electrons. The summed E-state index contributed by atoms with van der Waals surface area (Å²) in [4.78, 5) is 0. The fourth-order valence-electron chi connectivity index (χ4n) is 2.89. The van der Waals surface area contributed by atoms with Crippen LogP contribution in [0.2, 0.25) is 0 Å². The van der Waals surface area contributed by atoms with E-state index in [1.165, 1.54) is 38.5 Å². The number of ether oxygens (including phenoxy) is 2. The zero-order chi connectivity index (χ0) is 12.9. The molecule has 1 saturated carbocycles. The molecule has 1 aliphatic carbocycles. The summed E-state index contributed by atoms with van der Waals surface area (Å²) in [5, 5.41) is 3.43. The van der Waals surface area contributed by atoms with Gasteiger partial charge in [-0.1, -0.05) is 0 Å². The highest BCUT2D eigenvalue weighted by molar-refractivity contribution is 5.46. The Kier molecular flexibility index (Phi) is 4.23. The number of benzene rings is 1. The Morgan fingerprint density at radius 3 is 2.53 bits per heavy atom. The van der Waals surface area contributed by atoms with Crippen LogP contribution in [0.25, 0.3) is 0 Å². The van der Waals surface area contributed by atoms with E-state index < -0.39 is 0 Å². The largest absolute Gasteiger partial charge is 0.490 e. The van der Waals surface area contributed by atoms with E-state index in [2.05, 4.69) is 29.6 Å². The molecule has 2 fully saturated rings. The van der Waals surface area contributed by atoms with Crippen molar-refractivity contribution in [2.24, 2.45) is 0 Å². The van der Waals surface area contributed by atoms with Gasteiger partial charge in [0.2, 0.25) is 0 Å². The Morgan fingerprint density at radius 1 is 1.05 bits per heavy atom. The van der Waals surface area contributed by atoms with Crippen LogP contribution in [0.15, 0.2) is 24.3 Å². The summed E-state index contributed by atoms with van der Waals surface area (Å²) in [6.45, 7) is 1.82. The molecule has 1 aromatic carbocycles. The van der Waals surface area contributed by atoms with E-state index in [-0.39, 0.29) is 0 Å². The molecular formula is C16H23NO2. The van der Waals surface area contributed by atoms with Crippen LogP contribution < -0.4 is 10.1 Å². The molecular weight excluding hydrogens is 238 g/mol. The monoisotopic (exact) mass is 261 g/mol. The molecule has 1 atom stereocenters. The highest BCUT2D eigenvalue weighted by Gasteiger charge is 2.16. The maximum Gasteiger partial charge on any atom is 0.119 e. The van der Waals surface area contributed by atoms with Gasteiger partial charge in [-0.15, -0.1) is 0 Å². The molecule has 104 valence electrons. The van der Waals surface area contributed by atoms with Gasteiger partial charge in [0.1, 0.15) is 5.75 Å². The van der Waals surface area contributed by atoms with Crippen LogP contribution in [0.5, 0.6) is 5.75 Å². The topological polar surface area (TPSA) is 30.5 Å². The van der Waals surface area contributed by atoms with Crippen molar-refractivity contribution in [1.29, 1.82) is 0 Å². The third kappa shape index (κ3) is 3.63. The first-order valence-corrected chi connectivity index (χ1v) is 7.52. The molecule has 1 saturated heterocycles. The van der Waals surface area contributed by atoms with E-state index in [1.54, 1.807) is 0 Å². The molecule has 1 aromatic rings. The van der Waals surface area contributed by atoms with Gasteiger partial charge in [0.05, 0.1) is 12.2 Å². The fourth-order valence-corrected chi connectivity index (χ4v) is 2.89. The summed E-state index contributed by atoms with van der Waals surface area (Å²) >= 11 is 0. The van der Waals surface area contributed by atoms with Crippen LogP contribution >= 0.6 is 0 Å². The summed E-state index contributed by atoms with van der Waals surface area (Å²) in [5.74, 6) is 0.995. The second-order valence-electron chi connectivity index (χ2n) is 5.56. The van der Waals surface area contributed by atoms with Crippen molar-refractivity contribution in [3.63, 3.8) is 0 Å². The van der Waals surface area contributed by atoms with Gasteiger partial charge in [0.15, 0.2) is 0 Å². The van der Waals surface area contributed by atoms with Crippen molar-refractivity contribution >= 4 is 5.69 Å². The quantitative estimate of drug-likeness (QED) is 0.878. The standard InChI is InChI=1S/C16H23NO2/c1-2-5-14(4-1)19-15-9-7-13(8-10-15)17-12-16-6-3-11-18-16/h7-10,14,16-17H,1-6,11-12H2. The Labute approximate surface area is 115 Å². The van der Waals surface area contributed by atoms with Crippen LogP contribution in [0, 0.1) is 0 Å². The molecule has 1 unspecified atom stereocenters. The predicted octanol–water partition coefficient (Wildman–Crippen LogP) is 3.60. The zero-order valence-corrected chi connectivity index (χ0v) is 11.4. The highest BCUT2D eigenvalue weighted by Crippen LogP contribution is 2.25. The summed E-state index contributed by atoms with van der Waals surface area (Å²) in [7, 11) is 0. The van der Waals surface area contributed by atoms with Crippen molar-refractivity contribution < 1.29 is 9.47 Å². The number of hydrogen-bond acceptors (Lipinski definition) is 3. The Bertz CT molecular complexity index is 378. The average molecular weight is 261 g/mol. The average Bonchev–Trinajstić information content (AvgIpc) is 3.11. The number of anilines is 1. The first-order valence-electron chi connectivity index (χ1n) is 7.52. The molecule has 0 bridgehead atoms. The third-order valence-electron chi connectivity index (χ3n) is 4.02. The van der Waals surface area contributed by atoms with Gasteiger partial charge in [-0.3, -0.25) is 0 Å². The molecule has 1 heterocycles. The Morgan fingerprint density at radius 2 is 1.84 bits per heavy atom. The molecule has 3 rings (SSSR count). The number of nitrogens with one attached hydrogen (secondary N) is 1. The molecule has 0 aromatic heterocycles. The smallest absolute Gasteiger partial charge is 0.119 e.